The van der Waals surface area contributed by atoms with Crippen LogP contribution >= 0.6 is 0 Å². The molecular weight excluding hydrogens is 314 g/mol. The van der Waals surface area contributed by atoms with E-state index in [0.717, 1.165) is 11.3 Å². The molecule has 1 N–H and O–H groups in total. The van der Waals surface area contributed by atoms with Crippen molar-refractivity contribution in [2.45, 2.75) is 32.2 Å². The zero-order chi connectivity index (χ0) is 17.5. The third kappa shape index (κ3) is 5.21. The third-order valence-electron chi connectivity index (χ3n) is 3.83. The van der Waals surface area contributed by atoms with Gasteiger partial charge in [0.05, 0.1) is 32.8 Å². The van der Waals surface area contributed by atoms with Crippen LogP contribution < -0.4 is 4.74 Å². The monoisotopic (exact) mass is 337 g/mol. The minimum atomic E-state index is -0.934. The molecule has 1 aromatic rings. The van der Waals surface area contributed by atoms with Crippen LogP contribution in [0, 0.1) is 0 Å². The third-order valence-corrected chi connectivity index (χ3v) is 3.83. The number of morpholine rings is 1. The van der Waals surface area contributed by atoms with Crippen molar-refractivity contribution in [3.63, 3.8) is 0 Å². The first-order chi connectivity index (χ1) is 11.5. The highest BCUT2D eigenvalue weighted by Gasteiger charge is 2.28. The molecule has 1 saturated heterocycles. The SMILES string of the molecule is COc1cccc(COC(C)C(=O)N2CCOC(CC(=O)O)C2)c1. The number of amides is 1. The van der Waals surface area contributed by atoms with Crippen molar-refractivity contribution in [2.24, 2.45) is 0 Å². The molecule has 1 aromatic carbocycles. The molecule has 2 unspecified atom stereocenters. The lowest BCUT2D eigenvalue weighted by atomic mass is 10.2. The number of methoxy groups -OCH3 is 1. The molecule has 1 amide bonds. The number of carboxylic acid groups (broad SMARTS) is 1. The molecule has 2 rings (SSSR count). The van der Waals surface area contributed by atoms with Gasteiger partial charge in [0, 0.05) is 13.1 Å². The summed E-state index contributed by atoms with van der Waals surface area (Å²) in [5.41, 5.74) is 0.916. The van der Waals surface area contributed by atoms with Crippen LogP contribution in [0.4, 0.5) is 0 Å². The summed E-state index contributed by atoms with van der Waals surface area (Å²) in [7, 11) is 1.60. The van der Waals surface area contributed by atoms with Crippen molar-refractivity contribution in [2.75, 3.05) is 26.8 Å². The van der Waals surface area contributed by atoms with Gasteiger partial charge in [0.25, 0.3) is 5.91 Å². The quantitative estimate of drug-likeness (QED) is 0.807. The Morgan fingerprint density at radius 3 is 2.96 bits per heavy atom. The van der Waals surface area contributed by atoms with E-state index in [-0.39, 0.29) is 18.9 Å². The average Bonchev–Trinajstić information content (AvgIpc) is 2.58. The van der Waals surface area contributed by atoms with Crippen LogP contribution in [-0.2, 0) is 25.7 Å². The maximum atomic E-state index is 12.4. The standard InChI is InChI=1S/C17H23NO6/c1-12(24-11-13-4-3-5-14(8-13)22-2)17(21)18-6-7-23-15(10-18)9-16(19)20/h3-5,8,12,15H,6-7,9-11H2,1-2H3,(H,19,20). The van der Waals surface area contributed by atoms with Crippen molar-refractivity contribution in [3.8, 4) is 5.75 Å². The molecule has 7 nitrogen and oxygen atoms in total. The van der Waals surface area contributed by atoms with Crippen LogP contribution in [0.5, 0.6) is 5.75 Å². The highest BCUT2D eigenvalue weighted by atomic mass is 16.5. The van der Waals surface area contributed by atoms with Crippen molar-refractivity contribution < 1.29 is 28.9 Å². The summed E-state index contributed by atoms with van der Waals surface area (Å²) < 4.78 is 16.2. The predicted octanol–water partition coefficient (Wildman–Crippen LogP) is 1.30. The smallest absolute Gasteiger partial charge is 0.306 e. The Bertz CT molecular complexity index is 576. The molecule has 7 heteroatoms. The van der Waals surface area contributed by atoms with E-state index >= 15 is 0 Å². The number of carbonyl (C=O) groups excluding carboxylic acids is 1. The van der Waals surface area contributed by atoms with Gasteiger partial charge in [-0.3, -0.25) is 9.59 Å². The van der Waals surface area contributed by atoms with Crippen molar-refractivity contribution in [1.82, 2.24) is 4.90 Å². The van der Waals surface area contributed by atoms with E-state index in [4.69, 9.17) is 19.3 Å². The molecule has 1 fully saturated rings. The number of ether oxygens (including phenoxy) is 3. The molecule has 0 saturated carbocycles. The molecule has 1 heterocycles. The number of hydrogen-bond acceptors (Lipinski definition) is 5. The summed E-state index contributed by atoms with van der Waals surface area (Å²) in [5, 5.41) is 8.83. The van der Waals surface area contributed by atoms with Gasteiger partial charge in [-0.15, -0.1) is 0 Å². The van der Waals surface area contributed by atoms with Gasteiger partial charge < -0.3 is 24.2 Å². The Hall–Kier alpha value is -2.12. The average molecular weight is 337 g/mol. The molecule has 1 aliphatic rings. The second kappa shape index (κ2) is 8.65. The molecule has 2 atom stereocenters. The normalized spacial score (nSPS) is 18.9. The fraction of sp³-hybridized carbons (Fsp3) is 0.529. The number of carbonyl (C=O) groups is 2. The van der Waals surface area contributed by atoms with E-state index in [9.17, 15) is 9.59 Å². The summed E-state index contributed by atoms with van der Waals surface area (Å²) in [4.78, 5) is 24.8. The van der Waals surface area contributed by atoms with E-state index in [2.05, 4.69) is 0 Å². The second-order valence-corrected chi connectivity index (χ2v) is 5.68. The zero-order valence-corrected chi connectivity index (χ0v) is 13.9. The zero-order valence-electron chi connectivity index (χ0n) is 13.9. The number of carboxylic acids is 1. The largest absolute Gasteiger partial charge is 0.497 e. The highest BCUT2D eigenvalue weighted by molar-refractivity contribution is 5.80. The fourth-order valence-electron chi connectivity index (χ4n) is 2.55. The van der Waals surface area contributed by atoms with Crippen LogP contribution in [0.2, 0.25) is 0 Å². The topological polar surface area (TPSA) is 85.3 Å². The van der Waals surface area contributed by atoms with Gasteiger partial charge in [-0.25, -0.2) is 0 Å². The van der Waals surface area contributed by atoms with E-state index in [1.54, 1.807) is 18.9 Å². The number of hydrogen-bond donors (Lipinski definition) is 1. The maximum Gasteiger partial charge on any atom is 0.306 e. The molecule has 24 heavy (non-hydrogen) atoms. The van der Waals surface area contributed by atoms with E-state index < -0.39 is 18.2 Å². The number of nitrogens with zero attached hydrogens (tertiary/aromatic N) is 1. The van der Waals surface area contributed by atoms with Crippen molar-refractivity contribution >= 4 is 11.9 Å². The minimum absolute atomic E-state index is 0.108. The Balaban J connectivity index is 1.85. The van der Waals surface area contributed by atoms with Gasteiger partial charge in [-0.05, 0) is 24.6 Å². The molecule has 0 radical (unpaired) electrons. The highest BCUT2D eigenvalue weighted by Crippen LogP contribution is 2.15. The minimum Gasteiger partial charge on any atom is -0.497 e. The van der Waals surface area contributed by atoms with Gasteiger partial charge in [0.1, 0.15) is 11.9 Å². The summed E-state index contributed by atoms with van der Waals surface area (Å²) in [6.45, 7) is 3.06. The number of benzene rings is 1. The molecule has 132 valence electrons. The lowest BCUT2D eigenvalue weighted by molar-refractivity contribution is -0.154. The van der Waals surface area contributed by atoms with E-state index in [1.807, 2.05) is 24.3 Å². The molecule has 0 aliphatic carbocycles. The fourth-order valence-corrected chi connectivity index (χ4v) is 2.55. The summed E-state index contributed by atoms with van der Waals surface area (Å²) in [6, 6.07) is 7.46. The summed E-state index contributed by atoms with van der Waals surface area (Å²) in [5.74, 6) is -0.354. The molecule has 0 aromatic heterocycles. The Morgan fingerprint density at radius 1 is 1.46 bits per heavy atom. The van der Waals surface area contributed by atoms with Gasteiger partial charge in [-0.1, -0.05) is 12.1 Å². The molecule has 0 bridgehead atoms. The molecule has 1 aliphatic heterocycles. The van der Waals surface area contributed by atoms with Gasteiger partial charge in [0.15, 0.2) is 0 Å². The van der Waals surface area contributed by atoms with Gasteiger partial charge in [-0.2, -0.15) is 0 Å². The van der Waals surface area contributed by atoms with Gasteiger partial charge in [0.2, 0.25) is 0 Å². The first kappa shape index (κ1) is 18.2. The Labute approximate surface area is 141 Å². The lowest BCUT2D eigenvalue weighted by Crippen LogP contribution is -2.49. The second-order valence-electron chi connectivity index (χ2n) is 5.68. The van der Waals surface area contributed by atoms with Crippen LogP contribution in [0.1, 0.15) is 18.9 Å². The van der Waals surface area contributed by atoms with E-state index in [0.29, 0.717) is 19.8 Å². The first-order valence-electron chi connectivity index (χ1n) is 7.86. The maximum absolute atomic E-state index is 12.4. The van der Waals surface area contributed by atoms with Crippen LogP contribution in [0.15, 0.2) is 24.3 Å². The predicted molar refractivity (Wildman–Crippen MR) is 85.8 cm³/mol. The van der Waals surface area contributed by atoms with Crippen LogP contribution in [0.25, 0.3) is 0 Å². The summed E-state index contributed by atoms with van der Waals surface area (Å²) >= 11 is 0. The molecule has 0 spiro atoms. The van der Waals surface area contributed by atoms with Crippen LogP contribution in [0.3, 0.4) is 0 Å². The van der Waals surface area contributed by atoms with E-state index in [1.165, 1.54) is 0 Å². The first-order valence-corrected chi connectivity index (χ1v) is 7.86. The Kier molecular flexibility index (Phi) is 6.57. The van der Waals surface area contributed by atoms with Gasteiger partial charge >= 0.3 is 5.97 Å². The van der Waals surface area contributed by atoms with Crippen molar-refractivity contribution in [1.29, 1.82) is 0 Å². The van der Waals surface area contributed by atoms with Crippen LogP contribution in [-0.4, -0.2) is 60.9 Å². The number of rotatable bonds is 7. The van der Waals surface area contributed by atoms with Crippen molar-refractivity contribution in [3.05, 3.63) is 29.8 Å². The Morgan fingerprint density at radius 2 is 2.25 bits per heavy atom. The summed E-state index contributed by atoms with van der Waals surface area (Å²) in [6.07, 6.45) is -1.19. The number of aliphatic carboxylic acids is 1. The molecular formula is C17H23NO6. The lowest BCUT2D eigenvalue weighted by Gasteiger charge is -2.33.